The number of phenolic OH excluding ortho intramolecular Hbond substituents is 1. The van der Waals surface area contributed by atoms with E-state index >= 15 is 0 Å². The molecular formula is C39H38N4O5. The van der Waals surface area contributed by atoms with Gasteiger partial charge in [0.15, 0.2) is 0 Å². The smallest absolute Gasteiger partial charge is 0.305 e. The number of benzene rings is 4. The zero-order chi connectivity index (χ0) is 33.0. The van der Waals surface area contributed by atoms with Crippen molar-refractivity contribution in [3.05, 3.63) is 114 Å². The highest BCUT2D eigenvalue weighted by Crippen LogP contribution is 2.36. The summed E-state index contributed by atoms with van der Waals surface area (Å²) in [5.74, 6) is 0.387. The number of amides is 1. The Balaban J connectivity index is 1.15. The normalized spacial score (nSPS) is 14.2. The Kier molecular flexibility index (Phi) is 8.83. The standard InChI is InChI=1S/C39H38N4O5/c44-31-14-17-34-33(22-31)28(23-40-34)19-29(21-37(45)46)41-39(47)27-13-18-36-35(20-27)42-38(43(36)30-9-5-2-6-10-30)26-11-15-32(16-12-26)48-24-25-7-3-1-4-8-25/h1,3-4,7-8,11-18,20,22-23,29-30,40,44H,2,5-6,9-10,19,21,24H2,(H,41,47)(H,45,46). The monoisotopic (exact) mass is 642 g/mol. The van der Waals surface area contributed by atoms with Gasteiger partial charge in [0.2, 0.25) is 0 Å². The molecule has 7 rings (SSSR count). The summed E-state index contributed by atoms with van der Waals surface area (Å²) in [4.78, 5) is 33.6. The number of carbonyl (C=O) groups is 2. The summed E-state index contributed by atoms with van der Waals surface area (Å²) in [7, 11) is 0. The van der Waals surface area contributed by atoms with Gasteiger partial charge in [-0.25, -0.2) is 4.98 Å². The van der Waals surface area contributed by atoms with Crippen LogP contribution >= 0.6 is 0 Å². The molecule has 48 heavy (non-hydrogen) atoms. The third-order valence-electron chi connectivity index (χ3n) is 9.23. The number of rotatable bonds is 11. The molecule has 6 aromatic rings. The predicted octanol–water partition coefficient (Wildman–Crippen LogP) is 7.79. The molecule has 1 amide bonds. The van der Waals surface area contributed by atoms with Crippen molar-refractivity contribution < 1.29 is 24.5 Å². The van der Waals surface area contributed by atoms with Crippen LogP contribution in [0.15, 0.2) is 97.2 Å². The van der Waals surface area contributed by atoms with Crippen molar-refractivity contribution in [1.29, 1.82) is 0 Å². The second-order valence-corrected chi connectivity index (χ2v) is 12.6. The number of fused-ring (bicyclic) bond motifs is 2. The molecule has 9 nitrogen and oxygen atoms in total. The number of H-pyrrole nitrogens is 1. The van der Waals surface area contributed by atoms with Crippen LogP contribution in [0.1, 0.15) is 66.1 Å². The lowest BCUT2D eigenvalue weighted by atomic mass is 9.94. The molecule has 0 spiro atoms. The van der Waals surface area contributed by atoms with Crippen molar-refractivity contribution in [2.45, 2.75) is 63.6 Å². The van der Waals surface area contributed by atoms with Gasteiger partial charge in [-0.1, -0.05) is 49.6 Å². The van der Waals surface area contributed by atoms with Crippen molar-refractivity contribution in [1.82, 2.24) is 19.9 Å². The van der Waals surface area contributed by atoms with Crippen molar-refractivity contribution in [3.8, 4) is 22.9 Å². The summed E-state index contributed by atoms with van der Waals surface area (Å²) in [6, 6.07) is 28.3. The minimum Gasteiger partial charge on any atom is -0.508 e. The number of imidazole rings is 1. The first-order chi connectivity index (χ1) is 23.4. The second kappa shape index (κ2) is 13.7. The van der Waals surface area contributed by atoms with E-state index in [9.17, 15) is 19.8 Å². The molecule has 0 saturated heterocycles. The first kappa shape index (κ1) is 31.1. The van der Waals surface area contributed by atoms with E-state index in [1.54, 1.807) is 36.5 Å². The zero-order valence-electron chi connectivity index (χ0n) is 26.6. The molecule has 0 aliphatic heterocycles. The minimum atomic E-state index is -1.01. The molecule has 0 radical (unpaired) electrons. The average Bonchev–Trinajstić information content (AvgIpc) is 3.68. The lowest BCUT2D eigenvalue weighted by Gasteiger charge is -2.25. The lowest BCUT2D eigenvalue weighted by molar-refractivity contribution is -0.137. The minimum absolute atomic E-state index is 0.120. The largest absolute Gasteiger partial charge is 0.508 e. The molecule has 1 aliphatic carbocycles. The first-order valence-electron chi connectivity index (χ1n) is 16.5. The maximum Gasteiger partial charge on any atom is 0.305 e. The van der Waals surface area contributed by atoms with Crippen LogP contribution in [0.4, 0.5) is 0 Å². The van der Waals surface area contributed by atoms with E-state index in [-0.39, 0.29) is 24.5 Å². The summed E-state index contributed by atoms with van der Waals surface area (Å²) in [6.07, 6.45) is 7.53. The van der Waals surface area contributed by atoms with Crippen LogP contribution in [0.25, 0.3) is 33.3 Å². The molecule has 1 aliphatic rings. The number of hydrogen-bond acceptors (Lipinski definition) is 5. The van der Waals surface area contributed by atoms with Gasteiger partial charge in [-0.2, -0.15) is 0 Å². The van der Waals surface area contributed by atoms with Gasteiger partial charge in [0.05, 0.1) is 17.5 Å². The molecule has 1 fully saturated rings. The Bertz CT molecular complexity index is 2060. The lowest BCUT2D eigenvalue weighted by Crippen LogP contribution is -2.38. The van der Waals surface area contributed by atoms with Crippen LogP contribution in [0.2, 0.25) is 0 Å². The number of aromatic nitrogens is 3. The number of aromatic hydroxyl groups is 1. The summed E-state index contributed by atoms with van der Waals surface area (Å²) in [5.41, 5.74) is 5.82. The van der Waals surface area contributed by atoms with Gasteiger partial charge in [-0.3, -0.25) is 9.59 Å². The van der Waals surface area contributed by atoms with E-state index in [0.717, 1.165) is 75.9 Å². The van der Waals surface area contributed by atoms with Crippen LogP contribution in [0.3, 0.4) is 0 Å². The van der Waals surface area contributed by atoms with E-state index in [2.05, 4.69) is 14.9 Å². The number of aromatic amines is 1. The van der Waals surface area contributed by atoms with E-state index in [0.29, 0.717) is 18.2 Å². The van der Waals surface area contributed by atoms with Crippen molar-refractivity contribution >= 4 is 33.8 Å². The van der Waals surface area contributed by atoms with Crippen molar-refractivity contribution in [2.24, 2.45) is 0 Å². The molecule has 4 aromatic carbocycles. The topological polar surface area (TPSA) is 129 Å². The third-order valence-corrected chi connectivity index (χ3v) is 9.23. The summed E-state index contributed by atoms with van der Waals surface area (Å²) < 4.78 is 8.35. The predicted molar refractivity (Wildman–Crippen MR) is 185 cm³/mol. The highest BCUT2D eigenvalue weighted by molar-refractivity contribution is 5.98. The number of carbonyl (C=O) groups excluding carboxylic acids is 1. The Morgan fingerprint density at radius 1 is 0.958 bits per heavy atom. The van der Waals surface area contributed by atoms with E-state index < -0.39 is 12.0 Å². The molecular weight excluding hydrogens is 604 g/mol. The van der Waals surface area contributed by atoms with Gasteiger partial charge in [0, 0.05) is 40.3 Å². The zero-order valence-corrected chi connectivity index (χ0v) is 26.6. The summed E-state index contributed by atoms with van der Waals surface area (Å²) >= 11 is 0. The van der Waals surface area contributed by atoms with Gasteiger partial charge in [-0.15, -0.1) is 0 Å². The fourth-order valence-electron chi connectivity index (χ4n) is 6.85. The highest BCUT2D eigenvalue weighted by atomic mass is 16.5. The second-order valence-electron chi connectivity index (χ2n) is 12.6. The number of aliphatic carboxylic acids is 1. The first-order valence-corrected chi connectivity index (χ1v) is 16.5. The van der Waals surface area contributed by atoms with Crippen LogP contribution in [-0.4, -0.2) is 42.7 Å². The Labute approximate surface area is 278 Å². The Morgan fingerprint density at radius 3 is 2.52 bits per heavy atom. The number of nitrogens with one attached hydrogen (secondary N) is 2. The van der Waals surface area contributed by atoms with Gasteiger partial charge in [0.1, 0.15) is 23.9 Å². The quantitative estimate of drug-likeness (QED) is 0.114. The number of phenols is 1. The summed E-state index contributed by atoms with van der Waals surface area (Å²) in [5, 5.41) is 23.4. The fourth-order valence-corrected chi connectivity index (χ4v) is 6.85. The van der Waals surface area contributed by atoms with E-state index in [1.807, 2.05) is 60.7 Å². The highest BCUT2D eigenvalue weighted by Gasteiger charge is 2.24. The maximum atomic E-state index is 13.6. The van der Waals surface area contributed by atoms with Crippen LogP contribution in [0.5, 0.6) is 11.5 Å². The molecule has 4 N–H and O–H groups in total. The molecule has 2 heterocycles. The molecule has 1 unspecified atom stereocenters. The Hall–Kier alpha value is -5.57. The average molecular weight is 643 g/mol. The SMILES string of the molecule is O=C(O)CC(Cc1c[nH]c2ccc(O)cc12)NC(=O)c1ccc2c(c1)nc(-c1ccc(OCc3ccccc3)cc1)n2C1CCCCC1. The number of carboxylic acid groups (broad SMARTS) is 1. The third kappa shape index (κ3) is 6.76. The van der Waals surface area contributed by atoms with Gasteiger partial charge < -0.3 is 29.8 Å². The Morgan fingerprint density at radius 2 is 1.75 bits per heavy atom. The van der Waals surface area contributed by atoms with Crippen LogP contribution in [0, 0.1) is 0 Å². The van der Waals surface area contributed by atoms with Crippen LogP contribution < -0.4 is 10.1 Å². The molecule has 0 bridgehead atoms. The number of ether oxygens (including phenoxy) is 1. The number of carboxylic acids is 1. The van der Waals surface area contributed by atoms with Gasteiger partial charge in [-0.05, 0) is 91.1 Å². The molecule has 1 saturated carbocycles. The molecule has 9 heteroatoms. The van der Waals surface area contributed by atoms with Crippen molar-refractivity contribution in [3.63, 3.8) is 0 Å². The fraction of sp³-hybridized carbons (Fsp3) is 0.256. The molecule has 244 valence electrons. The number of hydrogen-bond donors (Lipinski definition) is 4. The van der Waals surface area contributed by atoms with Gasteiger partial charge >= 0.3 is 5.97 Å². The number of nitrogens with zero attached hydrogens (tertiary/aromatic N) is 2. The maximum absolute atomic E-state index is 13.6. The van der Waals surface area contributed by atoms with Crippen LogP contribution in [-0.2, 0) is 17.8 Å². The van der Waals surface area contributed by atoms with Gasteiger partial charge in [0.25, 0.3) is 5.91 Å². The van der Waals surface area contributed by atoms with E-state index in [1.165, 1.54) is 6.42 Å². The van der Waals surface area contributed by atoms with Crippen molar-refractivity contribution in [2.75, 3.05) is 0 Å². The molecule has 2 aromatic heterocycles. The molecule has 1 atom stereocenters. The van der Waals surface area contributed by atoms with E-state index in [4.69, 9.17) is 9.72 Å². The summed E-state index contributed by atoms with van der Waals surface area (Å²) in [6.45, 7) is 0.490.